The maximum absolute atomic E-state index is 6.32. The van der Waals surface area contributed by atoms with Gasteiger partial charge in [-0.15, -0.1) is 0 Å². The largest absolute Gasteiger partial charge is 0.320 e. The highest BCUT2D eigenvalue weighted by Crippen LogP contribution is 2.28. The van der Waals surface area contributed by atoms with Gasteiger partial charge in [0.05, 0.1) is 6.04 Å². The van der Waals surface area contributed by atoms with Crippen LogP contribution in [-0.4, -0.2) is 0 Å². The monoisotopic (exact) mass is 259 g/mol. The van der Waals surface area contributed by atoms with Crippen LogP contribution in [0.4, 0.5) is 0 Å². The van der Waals surface area contributed by atoms with Crippen LogP contribution in [0.15, 0.2) is 42.5 Å². The van der Waals surface area contributed by atoms with Crippen LogP contribution in [0.3, 0.4) is 0 Å². The highest BCUT2D eigenvalue weighted by molar-refractivity contribution is 6.32. The minimum atomic E-state index is -0.164. The minimum absolute atomic E-state index is 0.164. The average molecular weight is 260 g/mol. The summed E-state index contributed by atoms with van der Waals surface area (Å²) >= 11 is 6.32. The number of rotatable bonds is 3. The summed E-state index contributed by atoms with van der Waals surface area (Å²) < 4.78 is 0. The number of aryl methyl sites for hydroxylation is 2. The Balaban J connectivity index is 2.35. The van der Waals surface area contributed by atoms with Crippen LogP contribution in [0.1, 0.15) is 35.2 Å². The number of hydrogen-bond acceptors (Lipinski definition) is 1. The van der Waals surface area contributed by atoms with Gasteiger partial charge in [0.1, 0.15) is 0 Å². The lowest BCUT2D eigenvalue weighted by Gasteiger charge is -2.15. The molecule has 0 aliphatic heterocycles. The van der Waals surface area contributed by atoms with Crippen molar-refractivity contribution in [1.82, 2.24) is 0 Å². The molecule has 0 saturated carbocycles. The second-order valence-corrected chi connectivity index (χ2v) is 4.93. The molecule has 0 bridgehead atoms. The van der Waals surface area contributed by atoms with Gasteiger partial charge in [-0.3, -0.25) is 0 Å². The zero-order valence-electron chi connectivity index (χ0n) is 10.8. The zero-order chi connectivity index (χ0) is 13.1. The van der Waals surface area contributed by atoms with E-state index in [1.165, 1.54) is 5.56 Å². The summed E-state index contributed by atoms with van der Waals surface area (Å²) in [6, 6.07) is 14.2. The molecule has 0 spiro atoms. The van der Waals surface area contributed by atoms with Gasteiger partial charge in [-0.2, -0.15) is 0 Å². The lowest BCUT2D eigenvalue weighted by atomic mass is 9.97. The Morgan fingerprint density at radius 1 is 1.11 bits per heavy atom. The van der Waals surface area contributed by atoms with Crippen LogP contribution in [0.2, 0.25) is 5.02 Å². The Morgan fingerprint density at radius 3 is 2.39 bits per heavy atom. The molecule has 1 unspecified atom stereocenters. The van der Waals surface area contributed by atoms with Crippen LogP contribution in [0.25, 0.3) is 0 Å². The third-order valence-electron chi connectivity index (χ3n) is 3.30. The summed E-state index contributed by atoms with van der Waals surface area (Å²) in [5.41, 5.74) is 10.8. The maximum atomic E-state index is 6.32. The van der Waals surface area contributed by atoms with Gasteiger partial charge in [0.15, 0.2) is 0 Å². The number of halogens is 1. The van der Waals surface area contributed by atoms with Gasteiger partial charge >= 0.3 is 0 Å². The minimum Gasteiger partial charge on any atom is -0.320 e. The molecule has 0 aliphatic rings. The van der Waals surface area contributed by atoms with Crippen molar-refractivity contribution in [2.45, 2.75) is 26.3 Å². The van der Waals surface area contributed by atoms with Gasteiger partial charge < -0.3 is 5.73 Å². The molecule has 1 nitrogen and oxygen atoms in total. The summed E-state index contributed by atoms with van der Waals surface area (Å²) in [6.07, 6.45) is 1.04. The fourth-order valence-corrected chi connectivity index (χ4v) is 2.29. The third-order valence-corrected chi connectivity index (χ3v) is 3.82. The van der Waals surface area contributed by atoms with Gasteiger partial charge in [0.2, 0.25) is 0 Å². The molecule has 0 amide bonds. The van der Waals surface area contributed by atoms with E-state index in [1.807, 2.05) is 25.1 Å². The molecule has 18 heavy (non-hydrogen) atoms. The van der Waals surface area contributed by atoms with Crippen molar-refractivity contribution in [3.63, 3.8) is 0 Å². The number of hydrogen-bond donors (Lipinski definition) is 1. The van der Waals surface area contributed by atoms with E-state index in [0.717, 1.165) is 28.1 Å². The third kappa shape index (κ3) is 2.58. The molecular formula is C16H18ClN. The molecule has 94 valence electrons. The predicted molar refractivity (Wildman–Crippen MR) is 78.0 cm³/mol. The second-order valence-electron chi connectivity index (χ2n) is 4.55. The fraction of sp³-hybridized carbons (Fsp3) is 0.250. The molecule has 2 N–H and O–H groups in total. The van der Waals surface area contributed by atoms with E-state index in [1.54, 1.807) is 0 Å². The van der Waals surface area contributed by atoms with Gasteiger partial charge in [0, 0.05) is 5.02 Å². The maximum Gasteiger partial charge on any atom is 0.0566 e. The Kier molecular flexibility index (Phi) is 4.05. The summed E-state index contributed by atoms with van der Waals surface area (Å²) in [5, 5.41) is 0.768. The Morgan fingerprint density at radius 2 is 1.78 bits per heavy atom. The summed E-state index contributed by atoms with van der Waals surface area (Å²) in [4.78, 5) is 0. The molecule has 0 fully saturated rings. The number of nitrogens with two attached hydrogens (primary N) is 1. The molecule has 2 aromatic carbocycles. The van der Waals surface area contributed by atoms with E-state index >= 15 is 0 Å². The van der Waals surface area contributed by atoms with E-state index in [9.17, 15) is 0 Å². The van der Waals surface area contributed by atoms with Crippen molar-refractivity contribution in [2.24, 2.45) is 5.73 Å². The van der Waals surface area contributed by atoms with Crippen LogP contribution >= 0.6 is 11.6 Å². The first-order chi connectivity index (χ1) is 8.63. The zero-order valence-corrected chi connectivity index (χ0v) is 11.5. The van der Waals surface area contributed by atoms with Crippen molar-refractivity contribution in [2.75, 3.05) is 0 Å². The van der Waals surface area contributed by atoms with Gasteiger partial charge in [-0.05, 0) is 35.6 Å². The van der Waals surface area contributed by atoms with Crippen molar-refractivity contribution in [1.29, 1.82) is 0 Å². The molecule has 2 aromatic rings. The first-order valence-corrected chi connectivity index (χ1v) is 6.60. The van der Waals surface area contributed by atoms with E-state index < -0.39 is 0 Å². The first-order valence-electron chi connectivity index (χ1n) is 6.23. The van der Waals surface area contributed by atoms with Crippen LogP contribution in [-0.2, 0) is 6.42 Å². The van der Waals surface area contributed by atoms with Crippen molar-refractivity contribution in [3.05, 3.63) is 69.7 Å². The van der Waals surface area contributed by atoms with Crippen molar-refractivity contribution >= 4 is 11.6 Å². The first kappa shape index (κ1) is 13.1. The molecular weight excluding hydrogens is 242 g/mol. The van der Waals surface area contributed by atoms with Crippen molar-refractivity contribution in [3.8, 4) is 0 Å². The summed E-state index contributed by atoms with van der Waals surface area (Å²) in [7, 11) is 0. The molecule has 0 heterocycles. The number of benzene rings is 2. The normalized spacial score (nSPS) is 12.4. The van der Waals surface area contributed by atoms with Gasteiger partial charge in [0.25, 0.3) is 0 Å². The van der Waals surface area contributed by atoms with Crippen LogP contribution in [0.5, 0.6) is 0 Å². The lowest BCUT2D eigenvalue weighted by Crippen LogP contribution is -2.12. The standard InChI is InChI=1S/C16H18ClN/c1-3-12-7-9-13(10-8-12)16(18)14-6-4-5-11(2)15(14)17/h4-10,16H,3,18H2,1-2H3. The molecule has 0 radical (unpaired) electrons. The highest BCUT2D eigenvalue weighted by atomic mass is 35.5. The van der Waals surface area contributed by atoms with E-state index in [4.69, 9.17) is 17.3 Å². The second kappa shape index (κ2) is 5.55. The van der Waals surface area contributed by atoms with Crippen LogP contribution in [0, 0.1) is 6.92 Å². The Labute approximate surface area is 114 Å². The summed E-state index contributed by atoms with van der Waals surface area (Å²) in [6.45, 7) is 4.14. The topological polar surface area (TPSA) is 26.0 Å². The average Bonchev–Trinajstić information content (AvgIpc) is 2.41. The molecule has 0 aliphatic carbocycles. The van der Waals surface area contributed by atoms with Gasteiger partial charge in [-0.1, -0.05) is 61.0 Å². The van der Waals surface area contributed by atoms with E-state index in [0.29, 0.717) is 0 Å². The van der Waals surface area contributed by atoms with Gasteiger partial charge in [-0.25, -0.2) is 0 Å². The Bertz CT molecular complexity index is 531. The quantitative estimate of drug-likeness (QED) is 0.876. The molecule has 2 rings (SSSR count). The predicted octanol–water partition coefficient (Wildman–Crippen LogP) is 4.26. The molecule has 1 atom stereocenters. The van der Waals surface area contributed by atoms with E-state index in [2.05, 4.69) is 31.2 Å². The fourth-order valence-electron chi connectivity index (χ4n) is 2.05. The van der Waals surface area contributed by atoms with Crippen molar-refractivity contribution < 1.29 is 0 Å². The van der Waals surface area contributed by atoms with Crippen LogP contribution < -0.4 is 5.73 Å². The molecule has 0 saturated heterocycles. The molecule has 2 heteroatoms. The highest BCUT2D eigenvalue weighted by Gasteiger charge is 2.13. The lowest BCUT2D eigenvalue weighted by molar-refractivity contribution is 0.868. The summed E-state index contributed by atoms with van der Waals surface area (Å²) in [5.74, 6) is 0. The Hall–Kier alpha value is -1.31. The smallest absolute Gasteiger partial charge is 0.0566 e. The SMILES string of the molecule is CCc1ccc(C(N)c2cccc(C)c2Cl)cc1. The van der Waals surface area contributed by atoms with E-state index in [-0.39, 0.29) is 6.04 Å². The molecule has 0 aromatic heterocycles.